The van der Waals surface area contributed by atoms with Crippen LogP contribution in [-0.4, -0.2) is 27.4 Å². The fraction of sp³-hybridized carbons (Fsp3) is 0.278. The third-order valence-corrected chi connectivity index (χ3v) is 5.79. The van der Waals surface area contributed by atoms with Crippen molar-refractivity contribution in [3.05, 3.63) is 59.2 Å². The van der Waals surface area contributed by atoms with Crippen molar-refractivity contribution in [2.24, 2.45) is 0 Å². The smallest absolute Gasteiger partial charge is 0.240 e. The van der Waals surface area contributed by atoms with Gasteiger partial charge in [-0.3, -0.25) is 4.79 Å². The van der Waals surface area contributed by atoms with Crippen molar-refractivity contribution >= 4 is 21.6 Å². The molecule has 6 heteroatoms. The molecule has 0 spiro atoms. The second kappa shape index (κ2) is 6.37. The van der Waals surface area contributed by atoms with E-state index in [9.17, 15) is 13.2 Å². The quantitative estimate of drug-likeness (QED) is 0.904. The lowest BCUT2D eigenvalue weighted by atomic mass is 10.2. The predicted molar refractivity (Wildman–Crippen MR) is 93.6 cm³/mol. The monoisotopic (exact) mass is 344 g/mol. The van der Waals surface area contributed by atoms with Crippen LogP contribution in [0.15, 0.2) is 47.4 Å². The van der Waals surface area contributed by atoms with E-state index in [4.69, 9.17) is 0 Å². The Morgan fingerprint density at radius 3 is 2.62 bits per heavy atom. The highest BCUT2D eigenvalue weighted by atomic mass is 32.2. The van der Waals surface area contributed by atoms with E-state index < -0.39 is 10.0 Å². The second-order valence-corrected chi connectivity index (χ2v) is 7.75. The molecule has 0 fully saturated rings. The number of fused-ring (bicyclic) bond motifs is 1. The molecule has 0 unspecified atom stereocenters. The molecule has 0 atom stereocenters. The van der Waals surface area contributed by atoms with Crippen LogP contribution >= 0.6 is 0 Å². The first-order chi connectivity index (χ1) is 11.4. The van der Waals surface area contributed by atoms with Crippen LogP contribution in [0.3, 0.4) is 0 Å². The highest BCUT2D eigenvalue weighted by Crippen LogP contribution is 2.27. The maximum absolute atomic E-state index is 12.5. The molecule has 5 nitrogen and oxygen atoms in total. The molecule has 1 heterocycles. The molecular formula is C18H20N2O3S. The van der Waals surface area contributed by atoms with E-state index >= 15 is 0 Å². The molecule has 1 N–H and O–H groups in total. The van der Waals surface area contributed by atoms with Crippen LogP contribution in [0.2, 0.25) is 0 Å². The number of hydrogen-bond donors (Lipinski definition) is 1. The maximum Gasteiger partial charge on any atom is 0.240 e. The number of benzene rings is 2. The molecule has 2 aromatic rings. The van der Waals surface area contributed by atoms with Crippen molar-refractivity contribution in [3.63, 3.8) is 0 Å². The van der Waals surface area contributed by atoms with Gasteiger partial charge in [-0.1, -0.05) is 35.9 Å². The van der Waals surface area contributed by atoms with E-state index in [-0.39, 0.29) is 17.3 Å². The summed E-state index contributed by atoms with van der Waals surface area (Å²) in [7, 11) is -3.58. The number of nitrogens with one attached hydrogen (secondary N) is 1. The van der Waals surface area contributed by atoms with Gasteiger partial charge in [-0.05, 0) is 37.1 Å². The highest BCUT2D eigenvalue weighted by molar-refractivity contribution is 7.89. The summed E-state index contributed by atoms with van der Waals surface area (Å²) in [6, 6.07) is 12.8. The molecule has 0 aliphatic carbocycles. The Morgan fingerprint density at radius 2 is 1.88 bits per heavy atom. The van der Waals surface area contributed by atoms with Crippen molar-refractivity contribution in [1.82, 2.24) is 4.72 Å². The number of carbonyl (C=O) groups is 1. The summed E-state index contributed by atoms with van der Waals surface area (Å²) in [4.78, 5) is 14.0. The van der Waals surface area contributed by atoms with E-state index in [1.165, 1.54) is 0 Å². The molecule has 2 aromatic carbocycles. The van der Waals surface area contributed by atoms with Crippen molar-refractivity contribution < 1.29 is 13.2 Å². The zero-order valence-electron chi connectivity index (χ0n) is 13.7. The first kappa shape index (κ1) is 16.7. The number of sulfonamides is 1. The van der Waals surface area contributed by atoms with Crippen LogP contribution in [-0.2, 0) is 21.2 Å². The van der Waals surface area contributed by atoms with Crippen molar-refractivity contribution in [2.75, 3.05) is 18.0 Å². The minimum absolute atomic E-state index is 0.00177. The molecule has 0 bridgehead atoms. The first-order valence-corrected chi connectivity index (χ1v) is 9.32. The fourth-order valence-corrected chi connectivity index (χ4v) is 4.28. The summed E-state index contributed by atoms with van der Waals surface area (Å²) in [6.07, 6.45) is 0.375. The Hall–Kier alpha value is -2.18. The Balaban J connectivity index is 1.69. The molecular weight excluding hydrogens is 324 g/mol. The van der Waals surface area contributed by atoms with E-state index in [0.717, 1.165) is 16.8 Å². The molecule has 0 aromatic heterocycles. The highest BCUT2D eigenvalue weighted by Gasteiger charge is 2.26. The topological polar surface area (TPSA) is 66.5 Å². The molecule has 0 saturated heterocycles. The van der Waals surface area contributed by atoms with Gasteiger partial charge < -0.3 is 4.90 Å². The zero-order chi connectivity index (χ0) is 17.3. The lowest BCUT2D eigenvalue weighted by molar-refractivity contribution is -0.117. The van der Waals surface area contributed by atoms with Gasteiger partial charge in [0.2, 0.25) is 15.9 Å². The third-order valence-electron chi connectivity index (χ3n) is 4.17. The van der Waals surface area contributed by atoms with Crippen LogP contribution < -0.4 is 9.62 Å². The number of carbonyl (C=O) groups excluding carboxylic acids is 1. The first-order valence-electron chi connectivity index (χ1n) is 7.84. The van der Waals surface area contributed by atoms with Crippen LogP contribution in [0.25, 0.3) is 0 Å². The summed E-state index contributed by atoms with van der Waals surface area (Å²) in [5.41, 5.74) is 3.59. The average Bonchev–Trinajstić information content (AvgIpc) is 2.83. The van der Waals surface area contributed by atoms with Gasteiger partial charge in [-0.25, -0.2) is 13.1 Å². The molecule has 0 saturated carbocycles. The number of aryl methyl sites for hydroxylation is 2. The number of amides is 1. The molecule has 1 aliphatic rings. The van der Waals surface area contributed by atoms with Gasteiger partial charge >= 0.3 is 0 Å². The fourth-order valence-electron chi connectivity index (χ4n) is 3.03. The minimum atomic E-state index is -3.58. The summed E-state index contributed by atoms with van der Waals surface area (Å²) >= 11 is 0. The number of rotatable bonds is 5. The Labute approximate surface area is 142 Å². The van der Waals surface area contributed by atoms with Gasteiger partial charge in [0.15, 0.2) is 0 Å². The average molecular weight is 344 g/mol. The van der Waals surface area contributed by atoms with Crippen molar-refractivity contribution in [3.8, 4) is 0 Å². The van der Waals surface area contributed by atoms with Gasteiger partial charge in [-0.2, -0.15) is 0 Å². The molecule has 1 aliphatic heterocycles. The van der Waals surface area contributed by atoms with Crippen LogP contribution in [0.5, 0.6) is 0 Å². The van der Waals surface area contributed by atoms with E-state index in [1.807, 2.05) is 37.3 Å². The largest absolute Gasteiger partial charge is 0.311 e. The molecule has 1 amide bonds. The summed E-state index contributed by atoms with van der Waals surface area (Å²) in [5.74, 6) is 0.00177. The van der Waals surface area contributed by atoms with Crippen LogP contribution in [0.4, 0.5) is 5.69 Å². The van der Waals surface area contributed by atoms with Gasteiger partial charge in [0.05, 0.1) is 11.3 Å². The van der Waals surface area contributed by atoms with E-state index in [0.29, 0.717) is 18.5 Å². The number of para-hydroxylation sites is 1. The summed E-state index contributed by atoms with van der Waals surface area (Å²) < 4.78 is 27.5. The van der Waals surface area contributed by atoms with Gasteiger partial charge in [0.25, 0.3) is 0 Å². The van der Waals surface area contributed by atoms with E-state index in [1.54, 1.807) is 24.0 Å². The summed E-state index contributed by atoms with van der Waals surface area (Å²) in [6.45, 7) is 4.20. The Bertz CT molecular complexity index is 891. The van der Waals surface area contributed by atoms with Crippen molar-refractivity contribution in [2.45, 2.75) is 25.2 Å². The van der Waals surface area contributed by atoms with Crippen molar-refractivity contribution in [1.29, 1.82) is 0 Å². The molecule has 0 radical (unpaired) electrons. The minimum Gasteiger partial charge on any atom is -0.311 e. The molecule has 24 heavy (non-hydrogen) atoms. The van der Waals surface area contributed by atoms with Gasteiger partial charge in [0.1, 0.15) is 0 Å². The molecule has 3 rings (SSSR count). The third kappa shape index (κ3) is 3.20. The second-order valence-electron chi connectivity index (χ2n) is 6.02. The van der Waals surface area contributed by atoms with Gasteiger partial charge in [0, 0.05) is 18.8 Å². The molecule has 126 valence electrons. The zero-order valence-corrected chi connectivity index (χ0v) is 14.6. The van der Waals surface area contributed by atoms with Gasteiger partial charge in [-0.15, -0.1) is 0 Å². The number of anilines is 1. The van der Waals surface area contributed by atoms with E-state index in [2.05, 4.69) is 4.72 Å². The predicted octanol–water partition coefficient (Wildman–Crippen LogP) is 2.17. The number of nitrogens with zero attached hydrogens (tertiary/aromatic N) is 1. The Kier molecular flexibility index (Phi) is 4.43. The summed E-state index contributed by atoms with van der Waals surface area (Å²) in [5, 5.41) is 0. The van der Waals surface area contributed by atoms with Crippen LogP contribution in [0.1, 0.15) is 16.7 Å². The van der Waals surface area contributed by atoms with Crippen LogP contribution in [0, 0.1) is 13.8 Å². The Morgan fingerprint density at radius 1 is 1.12 bits per heavy atom. The number of hydrogen-bond acceptors (Lipinski definition) is 3. The standard InChI is InChI=1S/C18H20N2O3S/c1-13-7-8-17(14(2)11-13)24(22,23)19-9-10-20-16-6-4-3-5-15(16)12-18(20)21/h3-8,11,19H,9-10,12H2,1-2H3. The lowest BCUT2D eigenvalue weighted by Crippen LogP contribution is -2.36. The lowest BCUT2D eigenvalue weighted by Gasteiger charge is -2.18. The normalized spacial score (nSPS) is 14.1. The SMILES string of the molecule is Cc1ccc(S(=O)(=O)NCCN2C(=O)Cc3ccccc32)c(C)c1. The maximum atomic E-state index is 12.5.